The molecule has 62 valence electrons. The molecule has 0 aromatic carbocycles. The summed E-state index contributed by atoms with van der Waals surface area (Å²) >= 11 is 1.57. The van der Waals surface area contributed by atoms with Crippen LogP contribution in [-0.2, 0) is 6.54 Å². The van der Waals surface area contributed by atoms with Crippen LogP contribution in [0.2, 0.25) is 0 Å². The summed E-state index contributed by atoms with van der Waals surface area (Å²) in [7, 11) is 4.07. The number of hydrogen-bond acceptors (Lipinski definition) is 4. The van der Waals surface area contributed by atoms with Gasteiger partial charge in [-0.25, -0.2) is 4.98 Å². The van der Waals surface area contributed by atoms with Gasteiger partial charge in [0.25, 0.3) is 0 Å². The summed E-state index contributed by atoms with van der Waals surface area (Å²) in [6.45, 7) is 2.92. The molecule has 0 spiro atoms. The lowest BCUT2D eigenvalue weighted by Gasteiger charge is -2.06. The van der Waals surface area contributed by atoms with Crippen LogP contribution in [0.25, 0.3) is 0 Å². The Morgan fingerprint density at radius 1 is 1.55 bits per heavy atom. The molecule has 0 fully saturated rings. The summed E-state index contributed by atoms with van der Waals surface area (Å²) in [5, 5.41) is 0.666. The van der Waals surface area contributed by atoms with Crippen LogP contribution in [0.3, 0.4) is 0 Å². The van der Waals surface area contributed by atoms with Gasteiger partial charge in [-0.2, -0.15) is 0 Å². The van der Waals surface area contributed by atoms with Crippen molar-refractivity contribution >= 4 is 16.5 Å². The van der Waals surface area contributed by atoms with Gasteiger partial charge in [0.15, 0.2) is 5.13 Å². The standard InChI is InChI=1S/C7H13N3S/c1-5-6(4-10(2)3)11-7(8)9-5/h4H2,1-3H3,(H2,8,9). The lowest BCUT2D eigenvalue weighted by molar-refractivity contribution is 0.405. The van der Waals surface area contributed by atoms with Gasteiger partial charge in [-0.15, -0.1) is 11.3 Å². The number of nitrogens with two attached hydrogens (primary N) is 1. The van der Waals surface area contributed by atoms with Gasteiger partial charge in [0.05, 0.1) is 5.69 Å². The Bertz CT molecular complexity index is 242. The quantitative estimate of drug-likeness (QED) is 0.724. The molecule has 1 aromatic rings. The van der Waals surface area contributed by atoms with Crippen LogP contribution < -0.4 is 5.73 Å². The number of nitrogen functional groups attached to an aromatic ring is 1. The van der Waals surface area contributed by atoms with E-state index in [2.05, 4.69) is 9.88 Å². The van der Waals surface area contributed by atoms with E-state index in [9.17, 15) is 0 Å². The number of aromatic nitrogens is 1. The lowest BCUT2D eigenvalue weighted by Crippen LogP contribution is -2.10. The van der Waals surface area contributed by atoms with E-state index < -0.39 is 0 Å². The van der Waals surface area contributed by atoms with Crippen molar-refractivity contribution in [2.24, 2.45) is 0 Å². The van der Waals surface area contributed by atoms with Crippen LogP contribution in [-0.4, -0.2) is 24.0 Å². The predicted octanol–water partition coefficient (Wildman–Crippen LogP) is 1.10. The van der Waals surface area contributed by atoms with Crippen molar-refractivity contribution in [1.82, 2.24) is 9.88 Å². The van der Waals surface area contributed by atoms with E-state index in [0.29, 0.717) is 5.13 Å². The zero-order chi connectivity index (χ0) is 8.43. The Kier molecular flexibility index (Phi) is 2.46. The maximum Gasteiger partial charge on any atom is 0.180 e. The van der Waals surface area contributed by atoms with Crippen molar-refractivity contribution in [2.75, 3.05) is 19.8 Å². The Morgan fingerprint density at radius 3 is 2.55 bits per heavy atom. The highest BCUT2D eigenvalue weighted by Gasteiger charge is 2.04. The fraction of sp³-hybridized carbons (Fsp3) is 0.571. The van der Waals surface area contributed by atoms with Crippen molar-refractivity contribution in [2.45, 2.75) is 13.5 Å². The van der Waals surface area contributed by atoms with E-state index in [1.54, 1.807) is 11.3 Å². The van der Waals surface area contributed by atoms with Crippen molar-refractivity contribution in [3.05, 3.63) is 10.6 Å². The fourth-order valence-electron chi connectivity index (χ4n) is 0.884. The third-order valence-electron chi connectivity index (χ3n) is 1.37. The molecule has 0 unspecified atom stereocenters. The van der Waals surface area contributed by atoms with Crippen molar-refractivity contribution < 1.29 is 0 Å². The fourth-order valence-corrected chi connectivity index (χ4v) is 1.84. The SMILES string of the molecule is Cc1nc(N)sc1CN(C)C. The Morgan fingerprint density at radius 2 is 2.18 bits per heavy atom. The van der Waals surface area contributed by atoms with Gasteiger partial charge in [-0.3, -0.25) is 0 Å². The van der Waals surface area contributed by atoms with Gasteiger partial charge in [-0.05, 0) is 21.0 Å². The maximum absolute atomic E-state index is 5.54. The molecule has 1 aromatic heterocycles. The molecule has 0 radical (unpaired) electrons. The zero-order valence-electron chi connectivity index (χ0n) is 7.09. The number of nitrogens with zero attached hydrogens (tertiary/aromatic N) is 2. The minimum absolute atomic E-state index is 0.666. The second-order valence-electron chi connectivity index (χ2n) is 2.80. The number of thiazole rings is 1. The van der Waals surface area contributed by atoms with Crippen molar-refractivity contribution in [3.8, 4) is 0 Å². The smallest absolute Gasteiger partial charge is 0.180 e. The normalized spacial score (nSPS) is 10.9. The average Bonchev–Trinajstić information content (AvgIpc) is 2.09. The summed E-state index contributed by atoms with van der Waals surface area (Å²) in [6, 6.07) is 0. The molecule has 2 N–H and O–H groups in total. The highest BCUT2D eigenvalue weighted by Crippen LogP contribution is 2.20. The van der Waals surface area contributed by atoms with Crippen LogP contribution in [0.15, 0.2) is 0 Å². The molecular formula is C7H13N3S. The van der Waals surface area contributed by atoms with E-state index >= 15 is 0 Å². The summed E-state index contributed by atoms with van der Waals surface area (Å²) in [6.07, 6.45) is 0. The molecule has 1 heterocycles. The zero-order valence-corrected chi connectivity index (χ0v) is 7.90. The average molecular weight is 171 g/mol. The monoisotopic (exact) mass is 171 g/mol. The first-order chi connectivity index (χ1) is 5.09. The molecule has 0 atom stereocenters. The molecule has 11 heavy (non-hydrogen) atoms. The second kappa shape index (κ2) is 3.19. The summed E-state index contributed by atoms with van der Waals surface area (Å²) in [5.41, 5.74) is 6.60. The topological polar surface area (TPSA) is 42.1 Å². The molecule has 0 saturated heterocycles. The van der Waals surface area contributed by atoms with E-state index in [-0.39, 0.29) is 0 Å². The second-order valence-corrected chi connectivity index (χ2v) is 3.91. The van der Waals surface area contributed by atoms with Gasteiger partial charge in [0.1, 0.15) is 0 Å². The van der Waals surface area contributed by atoms with Crippen molar-refractivity contribution in [3.63, 3.8) is 0 Å². The molecule has 4 heteroatoms. The molecule has 0 bridgehead atoms. The minimum atomic E-state index is 0.666. The molecular weight excluding hydrogens is 158 g/mol. The van der Waals surface area contributed by atoms with Gasteiger partial charge in [-0.1, -0.05) is 0 Å². The first-order valence-corrected chi connectivity index (χ1v) is 4.27. The van der Waals surface area contributed by atoms with E-state index in [0.717, 1.165) is 12.2 Å². The van der Waals surface area contributed by atoms with Crippen molar-refractivity contribution in [1.29, 1.82) is 0 Å². The number of anilines is 1. The van der Waals surface area contributed by atoms with Gasteiger partial charge < -0.3 is 10.6 Å². The summed E-state index contributed by atoms with van der Waals surface area (Å²) < 4.78 is 0. The van der Waals surface area contributed by atoms with E-state index in [1.807, 2.05) is 21.0 Å². The van der Waals surface area contributed by atoms with Gasteiger partial charge >= 0.3 is 0 Å². The summed E-state index contributed by atoms with van der Waals surface area (Å²) in [5.74, 6) is 0. The number of hydrogen-bond donors (Lipinski definition) is 1. The van der Waals surface area contributed by atoms with Crippen LogP contribution in [0, 0.1) is 6.92 Å². The molecule has 0 amide bonds. The van der Waals surface area contributed by atoms with Gasteiger partial charge in [0, 0.05) is 11.4 Å². The number of rotatable bonds is 2. The highest BCUT2D eigenvalue weighted by molar-refractivity contribution is 7.15. The third kappa shape index (κ3) is 2.17. The molecule has 0 aliphatic rings. The molecule has 0 aliphatic carbocycles. The van der Waals surface area contributed by atoms with Crippen LogP contribution >= 0.6 is 11.3 Å². The highest BCUT2D eigenvalue weighted by atomic mass is 32.1. The number of aryl methyl sites for hydroxylation is 1. The molecule has 0 aliphatic heterocycles. The predicted molar refractivity (Wildman–Crippen MR) is 48.7 cm³/mol. The summed E-state index contributed by atoms with van der Waals surface area (Å²) in [4.78, 5) is 7.50. The van der Waals surface area contributed by atoms with Crippen LogP contribution in [0.5, 0.6) is 0 Å². The Balaban J connectivity index is 2.77. The Labute approximate surface area is 70.9 Å². The Hall–Kier alpha value is -0.610. The largest absolute Gasteiger partial charge is 0.375 e. The van der Waals surface area contributed by atoms with E-state index in [4.69, 9.17) is 5.73 Å². The van der Waals surface area contributed by atoms with E-state index in [1.165, 1.54) is 4.88 Å². The third-order valence-corrected chi connectivity index (χ3v) is 2.34. The first-order valence-electron chi connectivity index (χ1n) is 3.46. The van der Waals surface area contributed by atoms with Crippen LogP contribution in [0.4, 0.5) is 5.13 Å². The minimum Gasteiger partial charge on any atom is -0.375 e. The van der Waals surface area contributed by atoms with Gasteiger partial charge in [0.2, 0.25) is 0 Å². The molecule has 0 saturated carbocycles. The molecule has 1 rings (SSSR count). The lowest BCUT2D eigenvalue weighted by atomic mass is 10.4. The molecule has 3 nitrogen and oxygen atoms in total. The first kappa shape index (κ1) is 8.49. The van der Waals surface area contributed by atoms with Crippen LogP contribution in [0.1, 0.15) is 10.6 Å². The maximum atomic E-state index is 5.54.